The average Bonchev–Trinajstić information content (AvgIpc) is 3.57. The number of hydrogen-bond donors (Lipinski definition) is 1. The highest BCUT2D eigenvalue weighted by atomic mass is 35.5. The van der Waals surface area contributed by atoms with Crippen molar-refractivity contribution >= 4 is 33.2 Å². The number of sulfonamides is 1. The molecule has 4 rings (SSSR count). The maximum Gasteiger partial charge on any atom is 0.264 e. The highest BCUT2D eigenvalue weighted by Gasteiger charge is 2.27. The zero-order chi connectivity index (χ0) is 21.1. The lowest BCUT2D eigenvalue weighted by Gasteiger charge is -2.25. The van der Waals surface area contributed by atoms with E-state index < -0.39 is 10.0 Å². The van der Waals surface area contributed by atoms with E-state index in [-0.39, 0.29) is 23.4 Å². The summed E-state index contributed by atoms with van der Waals surface area (Å²) >= 11 is 6.00. The largest absolute Gasteiger partial charge is 0.349 e. The fourth-order valence-corrected chi connectivity index (χ4v) is 4.72. The van der Waals surface area contributed by atoms with Gasteiger partial charge in [0.1, 0.15) is 0 Å². The van der Waals surface area contributed by atoms with Crippen molar-refractivity contribution in [2.24, 2.45) is 0 Å². The molecule has 30 heavy (non-hydrogen) atoms. The minimum absolute atomic E-state index is 0.0665. The van der Waals surface area contributed by atoms with E-state index in [2.05, 4.69) is 5.32 Å². The number of anilines is 1. The quantitative estimate of drug-likeness (QED) is 0.582. The van der Waals surface area contributed by atoms with Crippen molar-refractivity contribution in [3.05, 3.63) is 95.0 Å². The predicted octanol–water partition coefficient (Wildman–Crippen LogP) is 4.63. The summed E-state index contributed by atoms with van der Waals surface area (Å²) in [6.45, 7) is 0.156. The molecule has 0 heterocycles. The fourth-order valence-electron chi connectivity index (χ4n) is 3.09. The normalized spacial score (nSPS) is 13.6. The van der Waals surface area contributed by atoms with Gasteiger partial charge >= 0.3 is 0 Å². The number of nitrogens with zero attached hydrogens (tertiary/aromatic N) is 1. The third-order valence-electron chi connectivity index (χ3n) is 4.88. The molecule has 1 amide bonds. The second kappa shape index (κ2) is 8.50. The first-order valence-electron chi connectivity index (χ1n) is 9.67. The summed E-state index contributed by atoms with van der Waals surface area (Å²) < 4.78 is 28.5. The molecule has 1 saturated carbocycles. The van der Waals surface area contributed by atoms with Crippen LogP contribution >= 0.6 is 11.6 Å². The maximum atomic E-state index is 13.6. The Balaban J connectivity index is 1.71. The summed E-state index contributed by atoms with van der Waals surface area (Å²) in [4.78, 5) is 12.5. The Morgan fingerprint density at radius 2 is 1.67 bits per heavy atom. The maximum absolute atomic E-state index is 13.6. The molecule has 0 aromatic heterocycles. The molecule has 0 bridgehead atoms. The summed E-state index contributed by atoms with van der Waals surface area (Å²) in [5.41, 5.74) is 1.67. The van der Waals surface area contributed by atoms with Gasteiger partial charge in [0, 0.05) is 16.6 Å². The number of amides is 1. The molecule has 1 aliphatic carbocycles. The third kappa shape index (κ3) is 4.66. The Morgan fingerprint density at radius 3 is 2.33 bits per heavy atom. The molecule has 3 aromatic rings. The zero-order valence-electron chi connectivity index (χ0n) is 16.2. The van der Waals surface area contributed by atoms with Crippen LogP contribution in [0, 0.1) is 0 Å². The van der Waals surface area contributed by atoms with Gasteiger partial charge < -0.3 is 5.32 Å². The number of benzene rings is 3. The predicted molar refractivity (Wildman–Crippen MR) is 118 cm³/mol. The van der Waals surface area contributed by atoms with Crippen molar-refractivity contribution < 1.29 is 13.2 Å². The molecule has 0 aliphatic heterocycles. The number of hydrogen-bond acceptors (Lipinski definition) is 3. The molecule has 1 fully saturated rings. The Kier molecular flexibility index (Phi) is 5.79. The first-order valence-corrected chi connectivity index (χ1v) is 11.5. The number of carbonyl (C=O) groups excluding carboxylic acids is 1. The molecule has 3 aromatic carbocycles. The molecule has 1 aliphatic rings. The standard InChI is InChI=1S/C23H21ClN2O3S/c24-19-9-13-21(14-10-19)26(16-17-5-2-1-3-6-17)30(28,29)22-8-4-7-18(15-22)23(27)25-20-11-12-20/h1-10,13-15,20H,11-12,16H2,(H,25,27). The van der Waals surface area contributed by atoms with Crippen molar-refractivity contribution in [2.45, 2.75) is 30.3 Å². The fraction of sp³-hybridized carbons (Fsp3) is 0.174. The van der Waals surface area contributed by atoms with E-state index in [4.69, 9.17) is 11.6 Å². The van der Waals surface area contributed by atoms with Gasteiger partial charge in [-0.3, -0.25) is 9.10 Å². The Labute approximate surface area is 181 Å². The molecular weight excluding hydrogens is 420 g/mol. The van der Waals surface area contributed by atoms with Gasteiger partial charge in [-0.25, -0.2) is 8.42 Å². The van der Waals surface area contributed by atoms with E-state index in [0.29, 0.717) is 16.3 Å². The molecule has 0 unspecified atom stereocenters. The first kappa shape index (κ1) is 20.4. The topological polar surface area (TPSA) is 66.5 Å². The lowest BCUT2D eigenvalue weighted by Crippen LogP contribution is -2.31. The van der Waals surface area contributed by atoms with Gasteiger partial charge in [0.05, 0.1) is 17.1 Å². The van der Waals surface area contributed by atoms with Crippen LogP contribution in [0.5, 0.6) is 0 Å². The van der Waals surface area contributed by atoms with Crippen LogP contribution in [-0.4, -0.2) is 20.4 Å². The number of carbonyl (C=O) groups is 1. The van der Waals surface area contributed by atoms with E-state index in [9.17, 15) is 13.2 Å². The van der Waals surface area contributed by atoms with Crippen LogP contribution < -0.4 is 9.62 Å². The lowest BCUT2D eigenvalue weighted by molar-refractivity contribution is 0.0951. The van der Waals surface area contributed by atoms with Crippen LogP contribution in [0.3, 0.4) is 0 Å². The second-order valence-electron chi connectivity index (χ2n) is 7.25. The Bertz CT molecular complexity index is 1140. The van der Waals surface area contributed by atoms with E-state index in [0.717, 1.165) is 18.4 Å². The molecule has 1 N–H and O–H groups in total. The number of rotatable bonds is 7. The average molecular weight is 441 g/mol. The van der Waals surface area contributed by atoms with Gasteiger partial charge in [0.25, 0.3) is 15.9 Å². The second-order valence-corrected chi connectivity index (χ2v) is 9.55. The van der Waals surface area contributed by atoms with Gasteiger partial charge in [-0.05, 0) is 60.9 Å². The summed E-state index contributed by atoms with van der Waals surface area (Å²) in [6, 6.07) is 22.4. The summed E-state index contributed by atoms with van der Waals surface area (Å²) in [7, 11) is -3.92. The zero-order valence-corrected chi connectivity index (χ0v) is 17.7. The van der Waals surface area contributed by atoms with Crippen LogP contribution in [0.25, 0.3) is 0 Å². The van der Waals surface area contributed by atoms with Gasteiger partial charge in [0.2, 0.25) is 0 Å². The summed E-state index contributed by atoms with van der Waals surface area (Å²) in [5.74, 6) is -0.254. The van der Waals surface area contributed by atoms with Crippen molar-refractivity contribution in [3.63, 3.8) is 0 Å². The van der Waals surface area contributed by atoms with E-state index in [1.165, 1.54) is 16.4 Å². The van der Waals surface area contributed by atoms with Gasteiger partial charge in [-0.2, -0.15) is 0 Å². The van der Waals surface area contributed by atoms with Crippen LogP contribution in [0.1, 0.15) is 28.8 Å². The molecule has 0 spiro atoms. The van der Waals surface area contributed by atoms with Gasteiger partial charge in [-0.1, -0.05) is 48.0 Å². The molecular formula is C23H21ClN2O3S. The minimum atomic E-state index is -3.92. The Hall–Kier alpha value is -2.83. The number of nitrogens with one attached hydrogen (secondary N) is 1. The van der Waals surface area contributed by atoms with Gasteiger partial charge in [0.15, 0.2) is 0 Å². The highest BCUT2D eigenvalue weighted by molar-refractivity contribution is 7.92. The molecule has 154 valence electrons. The minimum Gasteiger partial charge on any atom is -0.349 e. The first-order chi connectivity index (χ1) is 14.4. The van der Waals surface area contributed by atoms with Crippen molar-refractivity contribution in [1.82, 2.24) is 5.32 Å². The SMILES string of the molecule is O=C(NC1CC1)c1cccc(S(=O)(=O)N(Cc2ccccc2)c2ccc(Cl)cc2)c1. The molecule has 5 nitrogen and oxygen atoms in total. The van der Waals surface area contributed by atoms with Crippen LogP contribution in [-0.2, 0) is 16.6 Å². The number of halogens is 1. The summed E-state index contributed by atoms with van der Waals surface area (Å²) in [6.07, 6.45) is 1.93. The van der Waals surface area contributed by atoms with E-state index in [1.807, 2.05) is 30.3 Å². The van der Waals surface area contributed by atoms with Crippen molar-refractivity contribution in [2.75, 3.05) is 4.31 Å². The third-order valence-corrected chi connectivity index (χ3v) is 6.90. The van der Waals surface area contributed by atoms with Crippen LogP contribution in [0.4, 0.5) is 5.69 Å². The van der Waals surface area contributed by atoms with E-state index in [1.54, 1.807) is 36.4 Å². The lowest BCUT2D eigenvalue weighted by atomic mass is 10.2. The summed E-state index contributed by atoms with van der Waals surface area (Å²) in [5, 5.41) is 3.42. The molecule has 0 atom stereocenters. The van der Waals surface area contributed by atoms with E-state index >= 15 is 0 Å². The Morgan fingerprint density at radius 1 is 0.967 bits per heavy atom. The molecule has 7 heteroatoms. The van der Waals surface area contributed by atoms with Crippen molar-refractivity contribution in [1.29, 1.82) is 0 Å². The smallest absolute Gasteiger partial charge is 0.264 e. The molecule has 0 radical (unpaired) electrons. The van der Waals surface area contributed by atoms with Crippen LogP contribution in [0.15, 0.2) is 83.8 Å². The monoisotopic (exact) mass is 440 g/mol. The van der Waals surface area contributed by atoms with Gasteiger partial charge in [-0.15, -0.1) is 0 Å². The van der Waals surface area contributed by atoms with Crippen molar-refractivity contribution in [3.8, 4) is 0 Å². The highest BCUT2D eigenvalue weighted by Crippen LogP contribution is 2.28. The van der Waals surface area contributed by atoms with Crippen LogP contribution in [0.2, 0.25) is 5.02 Å². The molecule has 0 saturated heterocycles.